The van der Waals surface area contributed by atoms with E-state index in [9.17, 15) is 18.0 Å². The SMILES string of the molecule is CCCCCCCCC(CCCCCC)COC(=O)c1nn2nc(-c3cc(OC)ccc3OC)nc2\c1=C/C=C/C=C1/N(CC)c2ccc(C(F)(F)F)cc2C1(C)C. The van der Waals surface area contributed by atoms with Gasteiger partial charge in [0, 0.05) is 23.3 Å². The highest BCUT2D eigenvalue weighted by Crippen LogP contribution is 2.49. The highest BCUT2D eigenvalue weighted by atomic mass is 19.4. The van der Waals surface area contributed by atoms with Gasteiger partial charge in [0.2, 0.25) is 0 Å². The fraction of sp³-hybridized carbons (Fsp3) is 0.522. The summed E-state index contributed by atoms with van der Waals surface area (Å²) < 4.78 is 59.5. The Labute approximate surface area is 341 Å². The Hall–Kier alpha value is -4.87. The number of alkyl halides is 3. The maximum Gasteiger partial charge on any atom is 0.416 e. The molecule has 0 saturated carbocycles. The smallest absolute Gasteiger partial charge is 0.416 e. The molecule has 0 saturated heterocycles. The highest BCUT2D eigenvalue weighted by Gasteiger charge is 2.41. The van der Waals surface area contributed by atoms with Gasteiger partial charge >= 0.3 is 12.1 Å². The molecule has 58 heavy (non-hydrogen) atoms. The first-order valence-corrected chi connectivity index (χ1v) is 20.9. The normalized spacial score (nSPS) is 15.5. The van der Waals surface area contributed by atoms with E-state index in [-0.39, 0.29) is 11.6 Å². The largest absolute Gasteiger partial charge is 0.497 e. The van der Waals surface area contributed by atoms with Crippen LogP contribution in [0.5, 0.6) is 11.5 Å². The minimum Gasteiger partial charge on any atom is -0.497 e. The van der Waals surface area contributed by atoms with Gasteiger partial charge in [-0.05, 0) is 79.8 Å². The molecule has 2 aromatic carbocycles. The van der Waals surface area contributed by atoms with Crippen LogP contribution < -0.4 is 19.6 Å². The van der Waals surface area contributed by atoms with Crippen molar-refractivity contribution in [1.29, 1.82) is 0 Å². The summed E-state index contributed by atoms with van der Waals surface area (Å²) in [5.41, 5.74) is 1.91. The number of fused-ring (bicyclic) bond motifs is 2. The fourth-order valence-corrected chi connectivity index (χ4v) is 7.84. The Kier molecular flexibility index (Phi) is 15.4. The average Bonchev–Trinajstić information content (AvgIpc) is 3.84. The molecule has 12 heteroatoms. The number of carbonyl (C=O) groups is 1. The predicted octanol–water partition coefficient (Wildman–Crippen LogP) is 11.1. The summed E-state index contributed by atoms with van der Waals surface area (Å²) in [6.45, 7) is 11.1. The molecule has 4 aromatic rings. The Balaban J connectivity index is 1.47. The number of hydrogen-bond acceptors (Lipinski definition) is 8. The first-order chi connectivity index (χ1) is 27.9. The molecule has 0 aliphatic carbocycles. The van der Waals surface area contributed by atoms with Crippen LogP contribution in [-0.2, 0) is 16.3 Å². The number of nitrogens with zero attached hydrogens (tertiary/aromatic N) is 5. The van der Waals surface area contributed by atoms with Gasteiger partial charge in [0.15, 0.2) is 17.2 Å². The number of benzene rings is 2. The van der Waals surface area contributed by atoms with Crippen LogP contribution in [0.15, 0.2) is 60.3 Å². The summed E-state index contributed by atoms with van der Waals surface area (Å²) >= 11 is 0. The van der Waals surface area contributed by atoms with Crippen molar-refractivity contribution in [3.05, 3.63) is 82.4 Å². The Bertz CT molecular complexity index is 2110. The van der Waals surface area contributed by atoms with Gasteiger partial charge in [-0.25, -0.2) is 9.78 Å². The number of allylic oxidation sites excluding steroid dienone is 4. The van der Waals surface area contributed by atoms with Gasteiger partial charge in [-0.3, -0.25) is 0 Å². The van der Waals surface area contributed by atoms with Crippen molar-refractivity contribution < 1.29 is 32.2 Å². The molecule has 1 aliphatic rings. The van der Waals surface area contributed by atoms with Crippen LogP contribution >= 0.6 is 0 Å². The topological polar surface area (TPSA) is 91.1 Å². The quantitative estimate of drug-likeness (QED) is 0.0607. The number of ether oxygens (including phenoxy) is 3. The lowest BCUT2D eigenvalue weighted by Crippen LogP contribution is -2.25. The first-order valence-electron chi connectivity index (χ1n) is 20.9. The molecule has 2 aromatic heterocycles. The summed E-state index contributed by atoms with van der Waals surface area (Å²) in [5.74, 6) is 1.21. The van der Waals surface area contributed by atoms with E-state index in [4.69, 9.17) is 19.2 Å². The number of rotatable bonds is 21. The fourth-order valence-electron chi connectivity index (χ4n) is 7.84. The second-order valence-corrected chi connectivity index (χ2v) is 15.6. The number of hydrogen-bond donors (Lipinski definition) is 0. The minimum atomic E-state index is -4.44. The van der Waals surface area contributed by atoms with Crippen LogP contribution in [0.25, 0.3) is 23.1 Å². The molecule has 0 fully saturated rings. The molecule has 1 unspecified atom stereocenters. The van der Waals surface area contributed by atoms with Crippen molar-refractivity contribution in [2.75, 3.05) is 32.3 Å². The number of unbranched alkanes of at least 4 members (excludes halogenated alkanes) is 8. The molecule has 1 atom stereocenters. The van der Waals surface area contributed by atoms with Crippen molar-refractivity contribution in [3.63, 3.8) is 0 Å². The summed E-state index contributed by atoms with van der Waals surface area (Å²) in [6, 6.07) is 9.27. The van der Waals surface area contributed by atoms with Crippen molar-refractivity contribution in [2.45, 2.75) is 123 Å². The van der Waals surface area contributed by atoms with Crippen LogP contribution in [0.3, 0.4) is 0 Å². The summed E-state index contributed by atoms with van der Waals surface area (Å²) in [7, 11) is 3.14. The van der Waals surface area contributed by atoms with Gasteiger partial charge in [-0.15, -0.1) is 14.8 Å². The lowest BCUT2D eigenvalue weighted by molar-refractivity contribution is -0.137. The monoisotopic (exact) mass is 803 g/mol. The van der Waals surface area contributed by atoms with Gasteiger partial charge in [-0.1, -0.05) is 104 Å². The summed E-state index contributed by atoms with van der Waals surface area (Å²) in [4.78, 5) is 20.7. The maximum absolute atomic E-state index is 13.9. The lowest BCUT2D eigenvalue weighted by Gasteiger charge is -2.25. The Morgan fingerprint density at radius 2 is 1.52 bits per heavy atom. The molecule has 0 N–H and O–H groups in total. The molecular formula is C46H60F3N5O4. The second-order valence-electron chi connectivity index (χ2n) is 15.6. The van der Waals surface area contributed by atoms with Crippen LogP contribution in [0, 0.1) is 5.92 Å². The zero-order chi connectivity index (χ0) is 41.9. The van der Waals surface area contributed by atoms with Gasteiger partial charge in [0.1, 0.15) is 11.5 Å². The number of likely N-dealkylation sites (N-methyl/N-ethyl adjacent to an activating group) is 1. The van der Waals surface area contributed by atoms with Gasteiger partial charge in [0.05, 0.1) is 37.2 Å². The summed E-state index contributed by atoms with van der Waals surface area (Å²) in [6.07, 6.45) is 16.7. The van der Waals surface area contributed by atoms with Gasteiger partial charge in [0.25, 0.3) is 0 Å². The first kappa shape index (κ1) is 44.2. The molecule has 5 rings (SSSR count). The third-order valence-corrected chi connectivity index (χ3v) is 11.2. The molecule has 1 aliphatic heterocycles. The molecule has 0 bridgehead atoms. The number of methoxy groups -OCH3 is 2. The van der Waals surface area contributed by atoms with Crippen molar-refractivity contribution in [1.82, 2.24) is 19.8 Å². The molecule has 314 valence electrons. The number of carbonyl (C=O) groups excluding carboxylic acids is 1. The predicted molar refractivity (Wildman–Crippen MR) is 224 cm³/mol. The van der Waals surface area contributed by atoms with E-state index in [0.717, 1.165) is 49.6 Å². The number of halogens is 3. The molecular weight excluding hydrogens is 744 g/mol. The Morgan fingerprint density at radius 1 is 0.845 bits per heavy atom. The van der Waals surface area contributed by atoms with Crippen LogP contribution in [0.4, 0.5) is 18.9 Å². The van der Waals surface area contributed by atoms with E-state index in [1.165, 1.54) is 55.6 Å². The average molecular weight is 804 g/mol. The highest BCUT2D eigenvalue weighted by molar-refractivity contribution is 5.89. The molecule has 9 nitrogen and oxygen atoms in total. The number of esters is 1. The van der Waals surface area contributed by atoms with Crippen molar-refractivity contribution >= 4 is 23.4 Å². The van der Waals surface area contributed by atoms with E-state index in [1.807, 2.05) is 37.8 Å². The van der Waals surface area contributed by atoms with Crippen LogP contribution in [0.2, 0.25) is 0 Å². The van der Waals surface area contributed by atoms with E-state index in [0.29, 0.717) is 52.5 Å². The van der Waals surface area contributed by atoms with E-state index < -0.39 is 23.1 Å². The Morgan fingerprint density at radius 3 is 2.17 bits per heavy atom. The van der Waals surface area contributed by atoms with E-state index in [1.54, 1.807) is 50.6 Å². The zero-order valence-electron chi connectivity index (χ0n) is 35.3. The second kappa shape index (κ2) is 20.2. The van der Waals surface area contributed by atoms with Crippen LogP contribution in [0.1, 0.15) is 133 Å². The van der Waals surface area contributed by atoms with Gasteiger partial charge < -0.3 is 19.1 Å². The van der Waals surface area contributed by atoms with Crippen LogP contribution in [-0.4, -0.2) is 53.2 Å². The minimum absolute atomic E-state index is 0.101. The molecule has 0 amide bonds. The van der Waals surface area contributed by atoms with Crippen molar-refractivity contribution in [2.24, 2.45) is 5.92 Å². The maximum atomic E-state index is 13.9. The van der Waals surface area contributed by atoms with E-state index >= 15 is 0 Å². The van der Waals surface area contributed by atoms with E-state index in [2.05, 4.69) is 24.0 Å². The molecule has 0 radical (unpaired) electrons. The third-order valence-electron chi connectivity index (χ3n) is 11.2. The van der Waals surface area contributed by atoms with Crippen molar-refractivity contribution in [3.8, 4) is 22.9 Å². The lowest BCUT2D eigenvalue weighted by atomic mass is 9.83. The molecule has 0 spiro atoms. The summed E-state index contributed by atoms with van der Waals surface area (Å²) in [5, 5.41) is 9.68. The number of anilines is 1. The zero-order valence-corrected chi connectivity index (χ0v) is 35.3. The third kappa shape index (κ3) is 10.4. The number of aromatic nitrogens is 4. The molecule has 3 heterocycles. The standard InChI is InChI=1S/C46H60F3N5O4/c1-8-11-13-15-16-18-22-32(21-17-14-12-9-2)31-58-44(55)41-35(43-50-42(52-54(43)51-41)36-30-34(56-6)26-28-39(36)57-7)23-19-20-24-40-45(4,5)37-29-33(46(47,48)49)25-27-38(37)53(40)10-3/h19-20,23-30,32H,8-18,21-22,31H2,1-7H3/b20-19+,35-23-,40-24+. The van der Waals surface area contributed by atoms with Gasteiger partial charge in [-0.2, -0.15) is 13.2 Å².